The van der Waals surface area contributed by atoms with E-state index in [2.05, 4.69) is 5.32 Å². The van der Waals surface area contributed by atoms with Crippen molar-refractivity contribution in [3.05, 3.63) is 92.8 Å². The Kier molecular flexibility index (Phi) is 9.58. The second-order valence-corrected chi connectivity index (χ2v) is 14.2. The van der Waals surface area contributed by atoms with E-state index in [4.69, 9.17) is 18.9 Å². The number of piperazine rings is 1. The fraction of sp³-hybridized carbons (Fsp3) is 0.333. The van der Waals surface area contributed by atoms with Crippen molar-refractivity contribution in [2.75, 3.05) is 35.0 Å². The number of pyridine rings is 1. The van der Waals surface area contributed by atoms with E-state index in [0.29, 0.717) is 17.7 Å². The number of nitrogens with one attached hydrogen (secondary N) is 1. The number of esters is 1. The van der Waals surface area contributed by atoms with Crippen molar-refractivity contribution in [3.8, 4) is 17.2 Å². The smallest absolute Gasteiger partial charge is 0.330 e. The van der Waals surface area contributed by atoms with Crippen molar-refractivity contribution in [1.82, 2.24) is 14.8 Å². The van der Waals surface area contributed by atoms with Gasteiger partial charge in [0, 0.05) is 38.0 Å². The number of ether oxygens (including phenoxy) is 4. The Morgan fingerprint density at radius 3 is 2.02 bits per heavy atom. The van der Waals surface area contributed by atoms with Crippen molar-refractivity contribution in [2.45, 2.75) is 58.7 Å². The van der Waals surface area contributed by atoms with Crippen LogP contribution in [0.4, 0.5) is 0 Å². The van der Waals surface area contributed by atoms with Crippen LogP contribution in [0.15, 0.2) is 54.3 Å². The van der Waals surface area contributed by atoms with Gasteiger partial charge in [0.05, 0.1) is 56.5 Å². The largest absolute Gasteiger partial charge is 0.496 e. The van der Waals surface area contributed by atoms with Gasteiger partial charge >= 0.3 is 5.97 Å². The van der Waals surface area contributed by atoms with E-state index in [1.807, 2.05) is 6.92 Å². The van der Waals surface area contributed by atoms with Crippen LogP contribution in [0, 0.1) is 6.92 Å². The molecule has 0 radical (unpaired) electrons. The van der Waals surface area contributed by atoms with Gasteiger partial charge in [-0.15, -0.1) is 0 Å². The highest BCUT2D eigenvalue weighted by molar-refractivity contribution is 6.23. The summed E-state index contributed by atoms with van der Waals surface area (Å²) in [5.74, 6) is -2.50. The van der Waals surface area contributed by atoms with Crippen LogP contribution in [-0.2, 0) is 25.7 Å². The lowest BCUT2D eigenvalue weighted by molar-refractivity contribution is -0.153. The molecule has 7 rings (SSSR count). The first-order chi connectivity index (χ1) is 27.2. The minimum Gasteiger partial charge on any atom is -0.496 e. The molecule has 57 heavy (non-hydrogen) atoms. The van der Waals surface area contributed by atoms with Crippen LogP contribution in [0.2, 0.25) is 0 Å². The second-order valence-electron chi connectivity index (χ2n) is 14.2. The summed E-state index contributed by atoms with van der Waals surface area (Å²) in [5.41, 5.74) is -2.83. The quantitative estimate of drug-likeness (QED) is 0.135. The zero-order valence-corrected chi connectivity index (χ0v) is 32.5. The van der Waals surface area contributed by atoms with Crippen molar-refractivity contribution >= 4 is 71.6 Å². The van der Waals surface area contributed by atoms with Gasteiger partial charge in [0.25, 0.3) is 5.56 Å². The maximum atomic E-state index is 14.9. The van der Waals surface area contributed by atoms with Crippen molar-refractivity contribution < 1.29 is 33.3 Å². The van der Waals surface area contributed by atoms with E-state index < -0.39 is 69.1 Å². The van der Waals surface area contributed by atoms with E-state index in [0.717, 1.165) is 16.6 Å². The molecule has 1 N–H and O–H groups in total. The maximum Gasteiger partial charge on any atom is 0.330 e. The molecular weight excluding hydrogens is 738 g/mol. The molecule has 0 aliphatic carbocycles. The molecule has 2 amide bonds. The molecule has 0 saturated carbocycles. The van der Waals surface area contributed by atoms with Crippen LogP contribution < -0.4 is 46.8 Å². The highest BCUT2D eigenvalue weighted by Crippen LogP contribution is 2.44. The Morgan fingerprint density at radius 2 is 1.39 bits per heavy atom. The molecule has 3 unspecified atom stereocenters. The van der Waals surface area contributed by atoms with Gasteiger partial charge in [-0.1, -0.05) is 19.9 Å². The van der Waals surface area contributed by atoms with E-state index in [-0.39, 0.29) is 78.2 Å². The molecule has 2 heterocycles. The number of aryl methyl sites for hydroxylation is 1. The van der Waals surface area contributed by atoms with Crippen molar-refractivity contribution in [3.63, 3.8) is 0 Å². The number of methoxy groups -OCH3 is 4. The number of aromatic nitrogens is 1. The first kappa shape index (κ1) is 38.6. The maximum absolute atomic E-state index is 14.9. The lowest BCUT2D eigenvalue weighted by Gasteiger charge is -2.36. The topological polar surface area (TPSA) is 194 Å². The Balaban J connectivity index is 1.59. The van der Waals surface area contributed by atoms with Crippen molar-refractivity contribution in [1.29, 1.82) is 0 Å². The van der Waals surface area contributed by atoms with Gasteiger partial charge in [-0.2, -0.15) is 0 Å². The van der Waals surface area contributed by atoms with Crippen LogP contribution in [0.5, 0.6) is 17.2 Å². The Hall–Kier alpha value is -6.64. The van der Waals surface area contributed by atoms with Crippen LogP contribution >= 0.6 is 0 Å². The third-order valence-corrected chi connectivity index (χ3v) is 11.3. The third-order valence-electron chi connectivity index (χ3n) is 11.3. The fourth-order valence-electron chi connectivity index (χ4n) is 8.18. The number of carbonyl (C=O) groups excluding carboxylic acids is 3. The molecular formula is C42H39N3O12. The molecule has 5 aromatic carbocycles. The van der Waals surface area contributed by atoms with E-state index in [1.165, 1.54) is 46.5 Å². The SMILES string of the molecule is CCC(C)c1cc2c(=O)c3ccc4c(OC)c5c(=O)c6c(C)ccc(OC)c6c(=O)c5c(OC)c4c3c(=O)c2c(=O)n1CC(=O)N1CC(C(=O)OC)NC(=O)C1C. The molecule has 1 aliphatic heterocycles. The molecule has 3 atom stereocenters. The number of carbonyl (C=O) groups is 3. The molecule has 1 fully saturated rings. The second kappa shape index (κ2) is 14.1. The molecule has 1 aromatic heterocycles. The summed E-state index contributed by atoms with van der Waals surface area (Å²) >= 11 is 0. The predicted molar refractivity (Wildman–Crippen MR) is 214 cm³/mol. The highest BCUT2D eigenvalue weighted by Gasteiger charge is 2.38. The van der Waals surface area contributed by atoms with Crippen LogP contribution in [-0.4, -0.2) is 74.3 Å². The third kappa shape index (κ3) is 5.54. The molecule has 0 bridgehead atoms. The predicted octanol–water partition coefficient (Wildman–Crippen LogP) is 2.67. The van der Waals surface area contributed by atoms with Gasteiger partial charge in [0.2, 0.25) is 22.7 Å². The summed E-state index contributed by atoms with van der Waals surface area (Å²) in [7, 11) is 5.08. The van der Waals surface area contributed by atoms with Crippen LogP contribution in [0.25, 0.3) is 53.9 Å². The Morgan fingerprint density at radius 1 is 0.754 bits per heavy atom. The number of fused-ring (bicyclic) bond motifs is 6. The number of amides is 2. The van der Waals surface area contributed by atoms with Gasteiger partial charge in [-0.3, -0.25) is 33.6 Å². The van der Waals surface area contributed by atoms with E-state index in [9.17, 15) is 38.4 Å². The van der Waals surface area contributed by atoms with Gasteiger partial charge in [-0.05, 0) is 56.0 Å². The normalized spacial score (nSPS) is 16.4. The summed E-state index contributed by atoms with van der Waals surface area (Å²) in [4.78, 5) is 113. The monoisotopic (exact) mass is 777 g/mol. The van der Waals surface area contributed by atoms with Gasteiger partial charge in [0.15, 0.2) is 10.9 Å². The first-order valence-electron chi connectivity index (χ1n) is 18.2. The van der Waals surface area contributed by atoms with Gasteiger partial charge in [-0.25, -0.2) is 4.79 Å². The average Bonchev–Trinajstić information content (AvgIpc) is 3.21. The fourth-order valence-corrected chi connectivity index (χ4v) is 8.18. The number of hydrogen-bond acceptors (Lipinski definition) is 12. The Labute approximate surface area is 323 Å². The molecule has 15 nitrogen and oxygen atoms in total. The molecule has 15 heteroatoms. The van der Waals surface area contributed by atoms with Crippen LogP contribution in [0.3, 0.4) is 0 Å². The molecule has 1 aliphatic rings. The molecule has 1 saturated heterocycles. The van der Waals surface area contributed by atoms with E-state index >= 15 is 0 Å². The summed E-state index contributed by atoms with van der Waals surface area (Å²) in [6, 6.07) is 5.44. The summed E-state index contributed by atoms with van der Waals surface area (Å²) in [6.07, 6.45) is 0.491. The van der Waals surface area contributed by atoms with Crippen LogP contribution in [0.1, 0.15) is 44.4 Å². The standard InChI is InChI=1S/C42H39N3O12/c1-9-17(2)24-14-22-30(41(52)45(24)16-26(46)44-15-23(42(53)57-8)43-40(51)19(44)4)36(49)28-20(34(22)47)11-12-21-29(28)39(56-7)33-32(38(21)55-6)35(48)27-18(3)10-13-25(54-5)31(27)37(33)50/h10-14,17,19,23H,9,15-16H2,1-8H3,(H,43,51). The zero-order valence-electron chi connectivity index (χ0n) is 32.5. The summed E-state index contributed by atoms with van der Waals surface area (Å²) in [6.45, 7) is 5.97. The van der Waals surface area contributed by atoms with Gasteiger partial charge < -0.3 is 33.7 Å². The van der Waals surface area contributed by atoms with Crippen molar-refractivity contribution in [2.24, 2.45) is 0 Å². The van der Waals surface area contributed by atoms with Gasteiger partial charge in [0.1, 0.15) is 35.9 Å². The number of nitrogens with zero attached hydrogens (tertiary/aromatic N) is 2. The Bertz CT molecular complexity index is 3050. The number of benzene rings is 5. The summed E-state index contributed by atoms with van der Waals surface area (Å²) in [5, 5.41) is 1.47. The average molecular weight is 778 g/mol. The number of hydrogen-bond donors (Lipinski definition) is 1. The molecule has 6 aromatic rings. The lowest BCUT2D eigenvalue weighted by Crippen LogP contribution is -2.63. The molecule has 294 valence electrons. The first-order valence-corrected chi connectivity index (χ1v) is 18.2. The lowest BCUT2D eigenvalue weighted by atomic mass is 9.90. The molecule has 0 spiro atoms. The number of rotatable bonds is 8. The minimum absolute atomic E-state index is 0.00390. The summed E-state index contributed by atoms with van der Waals surface area (Å²) < 4.78 is 23.0. The minimum atomic E-state index is -1.14. The van der Waals surface area contributed by atoms with E-state index in [1.54, 1.807) is 26.0 Å². The highest BCUT2D eigenvalue weighted by atomic mass is 16.5. The zero-order chi connectivity index (χ0) is 41.4.